The van der Waals surface area contributed by atoms with Gasteiger partial charge in [0.15, 0.2) is 12.4 Å². The Morgan fingerprint density at radius 3 is 2.48 bits per heavy atom. The van der Waals surface area contributed by atoms with E-state index in [4.69, 9.17) is 18.6 Å². The van der Waals surface area contributed by atoms with E-state index in [1.165, 1.54) is 38.7 Å². The van der Waals surface area contributed by atoms with Crippen LogP contribution in [0.1, 0.15) is 36.8 Å². The van der Waals surface area contributed by atoms with E-state index in [-0.39, 0.29) is 16.9 Å². The maximum Gasteiger partial charge on any atom is 0.338 e. The van der Waals surface area contributed by atoms with Crippen molar-refractivity contribution in [2.45, 2.75) is 6.92 Å². The molecule has 1 heterocycles. The van der Waals surface area contributed by atoms with Crippen molar-refractivity contribution in [1.29, 1.82) is 0 Å². The van der Waals surface area contributed by atoms with E-state index in [9.17, 15) is 14.4 Å². The number of amides is 1. The molecular formula is C23H21NO7. The smallest absolute Gasteiger partial charge is 0.338 e. The minimum absolute atomic E-state index is 0.144. The van der Waals surface area contributed by atoms with Crippen molar-refractivity contribution < 1.29 is 33.0 Å². The van der Waals surface area contributed by atoms with E-state index in [2.05, 4.69) is 5.32 Å². The first-order valence-electron chi connectivity index (χ1n) is 9.30. The average Bonchev–Trinajstić information content (AvgIpc) is 3.33. The lowest BCUT2D eigenvalue weighted by Crippen LogP contribution is -2.16. The maximum absolute atomic E-state index is 12.5. The molecule has 0 radical (unpaired) electrons. The number of aryl methyl sites for hydroxylation is 1. The van der Waals surface area contributed by atoms with E-state index in [1.807, 2.05) is 0 Å². The van der Waals surface area contributed by atoms with Gasteiger partial charge in [0.25, 0.3) is 5.91 Å². The number of hydrogen-bond donors (Lipinski definition) is 1. The Labute approximate surface area is 178 Å². The number of benzene rings is 2. The van der Waals surface area contributed by atoms with E-state index >= 15 is 0 Å². The largest absolute Gasteiger partial charge is 0.497 e. The van der Waals surface area contributed by atoms with Gasteiger partial charge in [-0.15, -0.1) is 0 Å². The molecule has 0 aliphatic carbocycles. The molecule has 3 aromatic rings. The van der Waals surface area contributed by atoms with Crippen LogP contribution in [0.15, 0.2) is 59.2 Å². The number of carbonyl (C=O) groups is 3. The third-order valence-electron chi connectivity index (χ3n) is 4.51. The zero-order chi connectivity index (χ0) is 22.4. The summed E-state index contributed by atoms with van der Waals surface area (Å²) in [6, 6.07) is 12.6. The van der Waals surface area contributed by atoms with Gasteiger partial charge in [-0.05, 0) is 55.0 Å². The van der Waals surface area contributed by atoms with Crippen LogP contribution in [0, 0.1) is 6.92 Å². The lowest BCUT2D eigenvalue weighted by molar-refractivity contribution is 0.0474. The SMILES string of the molecule is COc1ccc(OC)c(C(=O)COC(=O)c2ccc(C)c(NC(=O)c3ccco3)c2)c1. The van der Waals surface area contributed by atoms with Gasteiger partial charge in [-0.25, -0.2) is 4.79 Å². The van der Waals surface area contributed by atoms with Crippen molar-refractivity contribution in [3.05, 3.63) is 77.2 Å². The van der Waals surface area contributed by atoms with Crippen LogP contribution in [0.2, 0.25) is 0 Å². The highest BCUT2D eigenvalue weighted by Crippen LogP contribution is 2.25. The van der Waals surface area contributed by atoms with Crippen molar-refractivity contribution in [2.24, 2.45) is 0 Å². The molecule has 0 spiro atoms. The highest BCUT2D eigenvalue weighted by molar-refractivity contribution is 6.04. The van der Waals surface area contributed by atoms with E-state index in [1.54, 1.807) is 37.3 Å². The lowest BCUT2D eigenvalue weighted by Gasteiger charge is -2.11. The number of ether oxygens (including phenoxy) is 3. The molecule has 0 saturated carbocycles. The van der Waals surface area contributed by atoms with Crippen LogP contribution in [0.5, 0.6) is 11.5 Å². The van der Waals surface area contributed by atoms with Gasteiger partial charge in [-0.2, -0.15) is 0 Å². The molecule has 0 aliphatic heterocycles. The summed E-state index contributed by atoms with van der Waals surface area (Å²) in [6.45, 7) is 1.30. The van der Waals surface area contributed by atoms with Gasteiger partial charge in [-0.3, -0.25) is 9.59 Å². The van der Waals surface area contributed by atoms with E-state index in [0.29, 0.717) is 17.2 Å². The first kappa shape index (κ1) is 21.6. The minimum Gasteiger partial charge on any atom is -0.497 e. The van der Waals surface area contributed by atoms with Crippen molar-refractivity contribution in [3.63, 3.8) is 0 Å². The van der Waals surface area contributed by atoms with Gasteiger partial charge in [0.2, 0.25) is 5.78 Å². The molecule has 0 fully saturated rings. The predicted octanol–water partition coefficient (Wildman–Crippen LogP) is 3.90. The third kappa shape index (κ3) is 5.11. The Balaban J connectivity index is 1.69. The summed E-state index contributed by atoms with van der Waals surface area (Å²) in [4.78, 5) is 37.2. The zero-order valence-electron chi connectivity index (χ0n) is 17.3. The van der Waals surface area contributed by atoms with Gasteiger partial charge >= 0.3 is 5.97 Å². The fraction of sp³-hybridized carbons (Fsp3) is 0.174. The van der Waals surface area contributed by atoms with Crippen LogP contribution in [-0.4, -0.2) is 38.5 Å². The number of furan rings is 1. The maximum atomic E-state index is 12.5. The molecule has 8 heteroatoms. The molecule has 160 valence electrons. The molecule has 2 aromatic carbocycles. The van der Waals surface area contributed by atoms with Crippen LogP contribution in [-0.2, 0) is 4.74 Å². The number of Topliss-reactive ketones (excluding diaryl/α,β-unsaturated/α-hetero) is 1. The standard InChI is InChI=1S/C23H21NO7/c1-14-6-7-15(11-18(14)24-22(26)21-5-4-10-30-21)23(27)31-13-19(25)17-12-16(28-2)8-9-20(17)29-3/h4-12H,13H2,1-3H3,(H,24,26). The summed E-state index contributed by atoms with van der Waals surface area (Å²) in [5.74, 6) is -0.624. The van der Waals surface area contributed by atoms with Crippen molar-refractivity contribution in [2.75, 3.05) is 26.1 Å². The summed E-state index contributed by atoms with van der Waals surface area (Å²) in [6.07, 6.45) is 1.39. The van der Waals surface area contributed by atoms with Gasteiger partial charge < -0.3 is 23.9 Å². The summed E-state index contributed by atoms with van der Waals surface area (Å²) < 4.78 is 20.6. The average molecular weight is 423 g/mol. The van der Waals surface area contributed by atoms with Crippen LogP contribution in [0.4, 0.5) is 5.69 Å². The van der Waals surface area contributed by atoms with E-state index in [0.717, 1.165) is 5.56 Å². The number of rotatable bonds is 8. The molecular weight excluding hydrogens is 402 g/mol. The highest BCUT2D eigenvalue weighted by atomic mass is 16.5. The number of esters is 1. The van der Waals surface area contributed by atoms with Crippen molar-refractivity contribution >= 4 is 23.3 Å². The second kappa shape index (κ2) is 9.62. The van der Waals surface area contributed by atoms with Crippen LogP contribution in [0.25, 0.3) is 0 Å². The molecule has 0 unspecified atom stereocenters. The van der Waals surface area contributed by atoms with Gasteiger partial charge in [0, 0.05) is 5.69 Å². The molecule has 0 aliphatic rings. The molecule has 0 atom stereocenters. The Hall–Kier alpha value is -4.07. The Bertz CT molecular complexity index is 1100. The molecule has 1 aromatic heterocycles. The van der Waals surface area contributed by atoms with Crippen molar-refractivity contribution in [3.8, 4) is 11.5 Å². The Morgan fingerprint density at radius 1 is 1.00 bits per heavy atom. The number of methoxy groups -OCH3 is 2. The Morgan fingerprint density at radius 2 is 1.81 bits per heavy atom. The number of carbonyl (C=O) groups excluding carboxylic acids is 3. The summed E-state index contributed by atoms with van der Waals surface area (Å²) in [5, 5.41) is 2.69. The quantitative estimate of drug-likeness (QED) is 0.433. The zero-order valence-corrected chi connectivity index (χ0v) is 17.3. The van der Waals surface area contributed by atoms with Crippen LogP contribution < -0.4 is 14.8 Å². The first-order valence-corrected chi connectivity index (χ1v) is 9.30. The van der Waals surface area contributed by atoms with Gasteiger partial charge in [0.05, 0.1) is 31.6 Å². The molecule has 0 bridgehead atoms. The fourth-order valence-electron chi connectivity index (χ4n) is 2.80. The number of nitrogens with one attached hydrogen (secondary N) is 1. The normalized spacial score (nSPS) is 10.3. The van der Waals surface area contributed by atoms with Gasteiger partial charge in [-0.1, -0.05) is 6.07 Å². The lowest BCUT2D eigenvalue weighted by atomic mass is 10.1. The second-order valence-corrected chi connectivity index (χ2v) is 6.53. The number of anilines is 1. The Kier molecular flexibility index (Phi) is 6.71. The molecule has 8 nitrogen and oxygen atoms in total. The summed E-state index contributed by atoms with van der Waals surface area (Å²) in [5.41, 5.74) is 1.60. The van der Waals surface area contributed by atoms with Gasteiger partial charge in [0.1, 0.15) is 11.5 Å². The predicted molar refractivity (Wildman–Crippen MR) is 112 cm³/mol. The molecule has 0 saturated heterocycles. The molecule has 1 amide bonds. The van der Waals surface area contributed by atoms with Crippen LogP contribution >= 0.6 is 0 Å². The third-order valence-corrected chi connectivity index (χ3v) is 4.51. The fourth-order valence-corrected chi connectivity index (χ4v) is 2.80. The molecule has 1 N–H and O–H groups in total. The molecule has 31 heavy (non-hydrogen) atoms. The first-order chi connectivity index (χ1) is 14.9. The number of hydrogen-bond acceptors (Lipinski definition) is 7. The monoisotopic (exact) mass is 423 g/mol. The topological polar surface area (TPSA) is 104 Å². The second-order valence-electron chi connectivity index (χ2n) is 6.53. The molecule has 3 rings (SSSR count). The van der Waals surface area contributed by atoms with Crippen LogP contribution in [0.3, 0.4) is 0 Å². The minimum atomic E-state index is -0.705. The summed E-state index contributed by atoms with van der Waals surface area (Å²) in [7, 11) is 2.92. The van der Waals surface area contributed by atoms with Crippen molar-refractivity contribution in [1.82, 2.24) is 0 Å². The highest BCUT2D eigenvalue weighted by Gasteiger charge is 2.18. The number of ketones is 1. The summed E-state index contributed by atoms with van der Waals surface area (Å²) >= 11 is 0. The van der Waals surface area contributed by atoms with E-state index < -0.39 is 24.3 Å².